The summed E-state index contributed by atoms with van der Waals surface area (Å²) in [5, 5.41) is 8.92. The van der Waals surface area contributed by atoms with Gasteiger partial charge in [0.1, 0.15) is 5.75 Å². The number of phenols is 1. The van der Waals surface area contributed by atoms with Crippen LogP contribution in [0, 0.1) is 6.26 Å². The molecule has 0 amide bonds. The summed E-state index contributed by atoms with van der Waals surface area (Å²) < 4.78 is 4.61. The van der Waals surface area contributed by atoms with E-state index in [2.05, 4.69) is 11.0 Å². The highest BCUT2D eigenvalue weighted by atomic mass is 16.5. The van der Waals surface area contributed by atoms with Gasteiger partial charge in [-0.2, -0.15) is 0 Å². The Bertz CT molecular complexity index is 236. The molecule has 1 aromatic rings. The number of hydrogen-bond acceptors (Lipinski definition) is 2. The van der Waals surface area contributed by atoms with Crippen LogP contribution in [-0.4, -0.2) is 12.2 Å². The van der Waals surface area contributed by atoms with Gasteiger partial charge in [0.25, 0.3) is 0 Å². The maximum Gasteiger partial charge on any atom is 0.161 e. The largest absolute Gasteiger partial charge is 0.508 e. The molecule has 1 aromatic carbocycles. The molecule has 0 unspecified atom stereocenters. The number of aromatic hydroxyl groups is 1. The maximum atomic E-state index is 8.92. The van der Waals surface area contributed by atoms with Crippen LogP contribution in [0.5, 0.6) is 5.75 Å². The predicted octanol–water partition coefficient (Wildman–Crippen LogP) is 1.81. The Kier molecular flexibility index (Phi) is 2.55. The summed E-state index contributed by atoms with van der Waals surface area (Å²) in [4.78, 5) is 0. The molecular weight excluding hydrogens is 140 g/mol. The van der Waals surface area contributed by atoms with Crippen LogP contribution in [0.15, 0.2) is 24.3 Å². The third kappa shape index (κ3) is 2.34. The van der Waals surface area contributed by atoms with Gasteiger partial charge in [-0.05, 0) is 23.8 Å². The Morgan fingerprint density at radius 1 is 1.36 bits per heavy atom. The van der Waals surface area contributed by atoms with E-state index >= 15 is 0 Å². The number of benzene rings is 1. The predicted molar refractivity (Wildman–Crippen MR) is 42.8 cm³/mol. The first-order valence-corrected chi connectivity index (χ1v) is 3.23. The van der Waals surface area contributed by atoms with Crippen molar-refractivity contribution in [2.24, 2.45) is 0 Å². The molecule has 0 spiro atoms. The molecule has 0 atom stereocenters. The second kappa shape index (κ2) is 3.66. The molecule has 1 rings (SSSR count). The topological polar surface area (TPSA) is 29.5 Å². The standard InChI is InChI=1S/C9H9O2/c1-11-7-6-8-2-4-9(10)5-3-8/h2-6,10H,1H3. The number of rotatable bonds is 2. The second-order valence-electron chi connectivity index (χ2n) is 2.06. The van der Waals surface area contributed by atoms with Gasteiger partial charge in [0, 0.05) is 0 Å². The molecule has 0 aromatic heterocycles. The molecule has 0 fully saturated rings. The van der Waals surface area contributed by atoms with E-state index in [0.717, 1.165) is 5.56 Å². The third-order valence-corrected chi connectivity index (χ3v) is 1.24. The quantitative estimate of drug-likeness (QED) is 0.650. The van der Waals surface area contributed by atoms with Crippen LogP contribution in [-0.2, 0) is 4.74 Å². The third-order valence-electron chi connectivity index (χ3n) is 1.24. The molecule has 0 saturated carbocycles. The van der Waals surface area contributed by atoms with Gasteiger partial charge in [0.15, 0.2) is 6.26 Å². The van der Waals surface area contributed by atoms with Crippen molar-refractivity contribution in [1.82, 2.24) is 0 Å². The van der Waals surface area contributed by atoms with Crippen molar-refractivity contribution < 1.29 is 9.84 Å². The summed E-state index contributed by atoms with van der Waals surface area (Å²) in [7, 11) is 1.54. The molecule has 2 nitrogen and oxygen atoms in total. The lowest BCUT2D eigenvalue weighted by atomic mass is 10.2. The van der Waals surface area contributed by atoms with Gasteiger partial charge in [-0.25, -0.2) is 0 Å². The monoisotopic (exact) mass is 149 g/mol. The highest BCUT2D eigenvalue weighted by Crippen LogP contribution is 2.10. The highest BCUT2D eigenvalue weighted by molar-refractivity contribution is 5.47. The molecule has 1 radical (unpaired) electrons. The Morgan fingerprint density at radius 2 is 2.00 bits per heavy atom. The Labute approximate surface area is 65.7 Å². The van der Waals surface area contributed by atoms with Crippen molar-refractivity contribution in [3.05, 3.63) is 36.1 Å². The van der Waals surface area contributed by atoms with Crippen molar-refractivity contribution in [3.63, 3.8) is 0 Å². The van der Waals surface area contributed by atoms with Gasteiger partial charge in [-0.15, -0.1) is 0 Å². The van der Waals surface area contributed by atoms with E-state index < -0.39 is 0 Å². The van der Waals surface area contributed by atoms with E-state index in [4.69, 9.17) is 5.11 Å². The van der Waals surface area contributed by atoms with E-state index in [1.807, 2.05) is 0 Å². The minimum atomic E-state index is 0.263. The molecule has 11 heavy (non-hydrogen) atoms. The number of ether oxygens (including phenoxy) is 1. The van der Waals surface area contributed by atoms with Gasteiger partial charge in [-0.3, -0.25) is 0 Å². The van der Waals surface area contributed by atoms with Gasteiger partial charge in [0.2, 0.25) is 0 Å². The van der Waals surface area contributed by atoms with Crippen molar-refractivity contribution in [1.29, 1.82) is 0 Å². The maximum absolute atomic E-state index is 8.92. The van der Waals surface area contributed by atoms with Crippen LogP contribution in [0.25, 0.3) is 6.08 Å². The minimum Gasteiger partial charge on any atom is -0.508 e. The Morgan fingerprint density at radius 3 is 2.55 bits per heavy atom. The fourth-order valence-electron chi connectivity index (χ4n) is 0.698. The average molecular weight is 149 g/mol. The van der Waals surface area contributed by atoms with Crippen LogP contribution in [0.2, 0.25) is 0 Å². The molecule has 0 bridgehead atoms. The Hall–Kier alpha value is -1.44. The average Bonchev–Trinajstić information content (AvgIpc) is 2.04. The summed E-state index contributed by atoms with van der Waals surface area (Å²) in [5.74, 6) is 0.263. The van der Waals surface area contributed by atoms with E-state index in [-0.39, 0.29) is 5.75 Å². The lowest BCUT2D eigenvalue weighted by molar-refractivity contribution is 0.316. The van der Waals surface area contributed by atoms with Crippen LogP contribution in [0.4, 0.5) is 0 Å². The van der Waals surface area contributed by atoms with Crippen LogP contribution >= 0.6 is 0 Å². The van der Waals surface area contributed by atoms with Crippen LogP contribution in [0.3, 0.4) is 0 Å². The molecule has 0 heterocycles. The van der Waals surface area contributed by atoms with E-state index in [0.29, 0.717) is 0 Å². The molecule has 2 heteroatoms. The van der Waals surface area contributed by atoms with Gasteiger partial charge < -0.3 is 9.84 Å². The van der Waals surface area contributed by atoms with E-state index in [9.17, 15) is 0 Å². The van der Waals surface area contributed by atoms with E-state index in [1.54, 1.807) is 30.3 Å². The zero-order chi connectivity index (χ0) is 8.10. The first kappa shape index (κ1) is 7.66. The van der Waals surface area contributed by atoms with Crippen LogP contribution < -0.4 is 0 Å². The first-order chi connectivity index (χ1) is 5.33. The van der Waals surface area contributed by atoms with Crippen molar-refractivity contribution in [3.8, 4) is 5.75 Å². The summed E-state index contributed by atoms with van der Waals surface area (Å²) in [6.45, 7) is 0. The fourth-order valence-corrected chi connectivity index (χ4v) is 0.698. The molecular formula is C9H9O2. The lowest BCUT2D eigenvalue weighted by Gasteiger charge is -1.92. The smallest absolute Gasteiger partial charge is 0.161 e. The van der Waals surface area contributed by atoms with Gasteiger partial charge in [0.05, 0.1) is 7.11 Å². The molecule has 1 N–H and O–H groups in total. The van der Waals surface area contributed by atoms with Crippen LogP contribution in [0.1, 0.15) is 5.56 Å². The fraction of sp³-hybridized carbons (Fsp3) is 0.111. The zero-order valence-corrected chi connectivity index (χ0v) is 6.24. The lowest BCUT2D eigenvalue weighted by Crippen LogP contribution is -1.71. The summed E-state index contributed by atoms with van der Waals surface area (Å²) >= 11 is 0. The van der Waals surface area contributed by atoms with Crippen molar-refractivity contribution >= 4 is 6.08 Å². The molecule has 0 aliphatic carbocycles. The van der Waals surface area contributed by atoms with Gasteiger partial charge in [-0.1, -0.05) is 12.1 Å². The highest BCUT2D eigenvalue weighted by Gasteiger charge is 1.86. The summed E-state index contributed by atoms with van der Waals surface area (Å²) in [5.41, 5.74) is 0.949. The van der Waals surface area contributed by atoms with Crippen molar-refractivity contribution in [2.75, 3.05) is 7.11 Å². The summed E-state index contributed by atoms with van der Waals surface area (Å²) in [6.07, 6.45) is 4.27. The zero-order valence-electron chi connectivity index (χ0n) is 6.24. The van der Waals surface area contributed by atoms with Gasteiger partial charge >= 0.3 is 0 Å². The molecule has 57 valence electrons. The normalized spacial score (nSPS) is 10.3. The molecule has 0 aliphatic rings. The minimum absolute atomic E-state index is 0.263. The second-order valence-corrected chi connectivity index (χ2v) is 2.06. The number of hydrogen-bond donors (Lipinski definition) is 1. The number of methoxy groups -OCH3 is 1. The van der Waals surface area contributed by atoms with E-state index in [1.165, 1.54) is 7.11 Å². The number of phenolic OH excluding ortho intramolecular Hbond substituents is 1. The Balaban J connectivity index is 2.73. The molecule has 0 saturated heterocycles. The first-order valence-electron chi connectivity index (χ1n) is 3.23. The summed E-state index contributed by atoms with van der Waals surface area (Å²) in [6, 6.07) is 6.79. The molecule has 0 aliphatic heterocycles. The van der Waals surface area contributed by atoms with Crippen molar-refractivity contribution in [2.45, 2.75) is 0 Å². The SMILES string of the molecule is CO/[C]=C\c1ccc(O)cc1.